The maximum absolute atomic E-state index is 12.3. The van der Waals surface area contributed by atoms with Crippen LogP contribution in [-0.4, -0.2) is 40.2 Å². The van der Waals surface area contributed by atoms with Gasteiger partial charge in [0.05, 0.1) is 12.7 Å². The summed E-state index contributed by atoms with van der Waals surface area (Å²) in [6, 6.07) is 5.54. The number of hydrogen-bond donors (Lipinski definition) is 1. The molecule has 0 saturated carbocycles. The normalized spacial score (nSPS) is 18.0. The number of hydrogen-bond acceptors (Lipinski definition) is 3. The van der Waals surface area contributed by atoms with Crippen molar-refractivity contribution < 1.29 is 4.79 Å². The highest BCUT2D eigenvalue weighted by molar-refractivity contribution is 6.31. The maximum Gasteiger partial charge on any atom is 0.238 e. The van der Waals surface area contributed by atoms with Crippen LogP contribution in [0.25, 0.3) is 0 Å². The van der Waals surface area contributed by atoms with Gasteiger partial charge in [0, 0.05) is 30.5 Å². The molecule has 1 aliphatic heterocycles. The molecule has 1 aliphatic rings. The van der Waals surface area contributed by atoms with Gasteiger partial charge >= 0.3 is 0 Å². The van der Waals surface area contributed by atoms with Gasteiger partial charge in [-0.2, -0.15) is 5.10 Å². The number of benzene rings is 1. The van der Waals surface area contributed by atoms with Crippen molar-refractivity contribution in [3.63, 3.8) is 0 Å². The molecule has 2 heterocycles. The van der Waals surface area contributed by atoms with E-state index in [1.807, 2.05) is 37.0 Å². The third kappa shape index (κ3) is 4.36. The first-order chi connectivity index (χ1) is 11.5. The van der Waals surface area contributed by atoms with Gasteiger partial charge in [0.1, 0.15) is 0 Å². The summed E-state index contributed by atoms with van der Waals surface area (Å²) in [4.78, 5) is 14.5. The Bertz CT molecular complexity index is 728. The second kappa shape index (κ2) is 7.36. The number of nitrogens with one attached hydrogen (secondary N) is 1. The Labute approximate surface area is 147 Å². The van der Waals surface area contributed by atoms with Gasteiger partial charge in [-0.05, 0) is 55.5 Å². The molecular formula is C18H23ClN4O. The van der Waals surface area contributed by atoms with E-state index in [2.05, 4.69) is 21.5 Å². The highest BCUT2D eigenvalue weighted by Crippen LogP contribution is 2.22. The van der Waals surface area contributed by atoms with Crippen LogP contribution >= 0.6 is 11.6 Å². The summed E-state index contributed by atoms with van der Waals surface area (Å²) in [7, 11) is 1.94. The molecule has 1 saturated heterocycles. The van der Waals surface area contributed by atoms with Crippen molar-refractivity contribution >= 4 is 23.2 Å². The zero-order valence-corrected chi connectivity index (χ0v) is 14.9. The van der Waals surface area contributed by atoms with Crippen LogP contribution in [0.3, 0.4) is 0 Å². The van der Waals surface area contributed by atoms with Crippen molar-refractivity contribution in [1.82, 2.24) is 14.7 Å². The fourth-order valence-electron chi connectivity index (χ4n) is 3.26. The summed E-state index contributed by atoms with van der Waals surface area (Å²) in [6.07, 6.45) is 6.15. The zero-order chi connectivity index (χ0) is 17.1. The molecule has 3 rings (SSSR count). The summed E-state index contributed by atoms with van der Waals surface area (Å²) in [6.45, 7) is 4.31. The number of aromatic nitrogens is 2. The molecule has 1 aromatic heterocycles. The molecule has 24 heavy (non-hydrogen) atoms. The summed E-state index contributed by atoms with van der Waals surface area (Å²) in [5.41, 5.74) is 3.07. The lowest BCUT2D eigenvalue weighted by atomic mass is 10.0. The lowest BCUT2D eigenvalue weighted by Crippen LogP contribution is -2.31. The minimum absolute atomic E-state index is 0.0161. The Morgan fingerprint density at radius 2 is 2.29 bits per heavy atom. The number of carbonyl (C=O) groups excluding carboxylic acids is 1. The molecule has 0 radical (unpaired) electrons. The highest BCUT2D eigenvalue weighted by Gasteiger charge is 2.24. The van der Waals surface area contributed by atoms with Crippen LogP contribution in [0.15, 0.2) is 30.6 Å². The largest absolute Gasteiger partial charge is 0.325 e. The summed E-state index contributed by atoms with van der Waals surface area (Å²) >= 11 is 6.00. The SMILES string of the molecule is Cc1ccc(Cl)cc1NC(=O)CN1CCC(Cc2cnn(C)c2)C1. The lowest BCUT2D eigenvalue weighted by molar-refractivity contribution is -0.117. The second-order valence-electron chi connectivity index (χ2n) is 6.62. The predicted octanol–water partition coefficient (Wildman–Crippen LogP) is 2.89. The fraction of sp³-hybridized carbons (Fsp3) is 0.444. The molecule has 2 aromatic rings. The Kier molecular flexibility index (Phi) is 5.21. The molecule has 0 spiro atoms. The van der Waals surface area contributed by atoms with Gasteiger partial charge in [0.25, 0.3) is 0 Å². The van der Waals surface area contributed by atoms with Crippen molar-refractivity contribution in [3.8, 4) is 0 Å². The van der Waals surface area contributed by atoms with Crippen LogP contribution in [0.2, 0.25) is 5.02 Å². The summed E-state index contributed by atoms with van der Waals surface area (Å²) < 4.78 is 1.84. The predicted molar refractivity (Wildman–Crippen MR) is 96.3 cm³/mol. The highest BCUT2D eigenvalue weighted by atomic mass is 35.5. The van der Waals surface area contributed by atoms with Gasteiger partial charge in [-0.3, -0.25) is 14.4 Å². The lowest BCUT2D eigenvalue weighted by Gasteiger charge is -2.16. The van der Waals surface area contributed by atoms with Crippen LogP contribution in [0.4, 0.5) is 5.69 Å². The van der Waals surface area contributed by atoms with E-state index in [1.54, 1.807) is 6.07 Å². The Morgan fingerprint density at radius 3 is 3.04 bits per heavy atom. The standard InChI is InChI=1S/C18H23ClN4O/c1-13-3-4-16(19)8-17(13)21-18(24)12-23-6-5-14(11-23)7-15-9-20-22(2)10-15/h3-4,8-10,14H,5-7,11-12H2,1-2H3,(H,21,24). The van der Waals surface area contributed by atoms with Crippen molar-refractivity contribution in [2.24, 2.45) is 13.0 Å². The Balaban J connectivity index is 1.49. The van der Waals surface area contributed by atoms with E-state index in [0.29, 0.717) is 17.5 Å². The van der Waals surface area contributed by atoms with Crippen molar-refractivity contribution in [1.29, 1.82) is 0 Å². The van der Waals surface area contributed by atoms with E-state index in [1.165, 1.54) is 5.56 Å². The fourth-order valence-corrected chi connectivity index (χ4v) is 3.43. The van der Waals surface area contributed by atoms with Crippen molar-refractivity contribution in [2.45, 2.75) is 19.8 Å². The first-order valence-electron chi connectivity index (χ1n) is 8.25. The van der Waals surface area contributed by atoms with Crippen LogP contribution < -0.4 is 5.32 Å². The van der Waals surface area contributed by atoms with E-state index in [9.17, 15) is 4.79 Å². The molecule has 1 amide bonds. The third-order valence-corrected chi connectivity index (χ3v) is 4.73. The zero-order valence-electron chi connectivity index (χ0n) is 14.1. The van der Waals surface area contributed by atoms with Crippen molar-refractivity contribution in [3.05, 3.63) is 46.7 Å². The minimum atomic E-state index is 0.0161. The van der Waals surface area contributed by atoms with Gasteiger partial charge in [-0.15, -0.1) is 0 Å². The minimum Gasteiger partial charge on any atom is -0.325 e. The number of likely N-dealkylation sites (tertiary alicyclic amines) is 1. The molecule has 0 bridgehead atoms. The smallest absolute Gasteiger partial charge is 0.238 e. The molecule has 128 valence electrons. The number of amides is 1. The quantitative estimate of drug-likeness (QED) is 0.905. The molecular weight excluding hydrogens is 324 g/mol. The average Bonchev–Trinajstić information content (AvgIpc) is 3.12. The van der Waals surface area contributed by atoms with Gasteiger partial charge in [0.15, 0.2) is 0 Å². The van der Waals surface area contributed by atoms with Crippen LogP contribution in [0.1, 0.15) is 17.5 Å². The van der Waals surface area contributed by atoms with Crippen LogP contribution in [0.5, 0.6) is 0 Å². The molecule has 0 aliphatic carbocycles. The topological polar surface area (TPSA) is 50.2 Å². The maximum atomic E-state index is 12.3. The van der Waals surface area contributed by atoms with E-state index in [0.717, 1.165) is 37.2 Å². The molecule has 1 fully saturated rings. The number of anilines is 1. The van der Waals surface area contributed by atoms with Crippen LogP contribution in [0, 0.1) is 12.8 Å². The van der Waals surface area contributed by atoms with E-state index < -0.39 is 0 Å². The molecule has 1 atom stereocenters. The molecule has 5 nitrogen and oxygen atoms in total. The molecule has 1 aromatic carbocycles. The van der Waals surface area contributed by atoms with E-state index in [4.69, 9.17) is 11.6 Å². The first kappa shape index (κ1) is 17.0. The molecule has 1 N–H and O–H groups in total. The van der Waals surface area contributed by atoms with Gasteiger partial charge in [-0.1, -0.05) is 17.7 Å². The molecule has 1 unspecified atom stereocenters. The summed E-state index contributed by atoms with van der Waals surface area (Å²) in [5.74, 6) is 0.609. The number of halogens is 1. The second-order valence-corrected chi connectivity index (χ2v) is 7.06. The Morgan fingerprint density at radius 1 is 1.46 bits per heavy atom. The monoisotopic (exact) mass is 346 g/mol. The molecule has 6 heteroatoms. The first-order valence-corrected chi connectivity index (χ1v) is 8.63. The van der Waals surface area contributed by atoms with E-state index in [-0.39, 0.29) is 5.91 Å². The Hall–Kier alpha value is -1.85. The average molecular weight is 347 g/mol. The van der Waals surface area contributed by atoms with Gasteiger partial charge in [-0.25, -0.2) is 0 Å². The third-order valence-electron chi connectivity index (χ3n) is 4.49. The van der Waals surface area contributed by atoms with Gasteiger partial charge < -0.3 is 5.32 Å². The van der Waals surface area contributed by atoms with E-state index >= 15 is 0 Å². The number of nitrogens with zero attached hydrogens (tertiary/aromatic N) is 3. The number of rotatable bonds is 5. The number of aryl methyl sites for hydroxylation is 2. The summed E-state index contributed by atoms with van der Waals surface area (Å²) in [5, 5.41) is 7.82. The van der Waals surface area contributed by atoms with Crippen molar-refractivity contribution in [2.75, 3.05) is 25.0 Å². The number of carbonyl (C=O) groups is 1. The van der Waals surface area contributed by atoms with Crippen LogP contribution in [-0.2, 0) is 18.3 Å². The van der Waals surface area contributed by atoms with Gasteiger partial charge in [0.2, 0.25) is 5.91 Å².